The fourth-order valence-corrected chi connectivity index (χ4v) is 2.89. The molecule has 0 saturated heterocycles. The van der Waals surface area contributed by atoms with E-state index >= 15 is 0 Å². The van der Waals surface area contributed by atoms with Gasteiger partial charge < -0.3 is 14.8 Å². The average Bonchev–Trinajstić information content (AvgIpc) is 2.39. The third kappa shape index (κ3) is 6.39. The molecule has 1 N–H and O–H groups in total. The predicted octanol–water partition coefficient (Wildman–Crippen LogP) is 2.37. The van der Waals surface area contributed by atoms with E-state index in [1.54, 1.807) is 6.92 Å². The van der Waals surface area contributed by atoms with Crippen molar-refractivity contribution in [2.24, 2.45) is 11.8 Å². The van der Waals surface area contributed by atoms with Crippen molar-refractivity contribution in [2.45, 2.75) is 52.5 Å². The molecular formula is C15H29NO3. The maximum atomic E-state index is 11.1. The first kappa shape index (κ1) is 16.4. The van der Waals surface area contributed by atoms with Gasteiger partial charge in [0.2, 0.25) is 0 Å². The van der Waals surface area contributed by atoms with Gasteiger partial charge in [0.05, 0.1) is 13.2 Å². The number of ether oxygens (including phenoxy) is 2. The largest absolute Gasteiger partial charge is 0.464 e. The van der Waals surface area contributed by atoms with Crippen LogP contribution >= 0.6 is 0 Å². The Bertz CT molecular complexity index is 256. The number of hydrogen-bond donors (Lipinski definition) is 1. The zero-order chi connectivity index (χ0) is 14.1. The quantitative estimate of drug-likeness (QED) is 0.544. The van der Waals surface area contributed by atoms with Gasteiger partial charge >= 0.3 is 5.97 Å². The lowest BCUT2D eigenvalue weighted by Gasteiger charge is -2.35. The summed E-state index contributed by atoms with van der Waals surface area (Å²) < 4.78 is 10.1. The van der Waals surface area contributed by atoms with Crippen LogP contribution in [0, 0.1) is 11.8 Å². The zero-order valence-electron chi connectivity index (χ0n) is 12.6. The molecule has 0 aromatic carbocycles. The highest BCUT2D eigenvalue weighted by atomic mass is 16.6. The van der Waals surface area contributed by atoms with Gasteiger partial charge in [-0.1, -0.05) is 26.7 Å². The lowest BCUT2D eigenvalue weighted by atomic mass is 9.78. The first-order valence-corrected chi connectivity index (χ1v) is 7.62. The highest BCUT2D eigenvalue weighted by Gasteiger charge is 2.26. The van der Waals surface area contributed by atoms with Crippen molar-refractivity contribution in [1.82, 2.24) is 5.32 Å². The number of nitrogens with one attached hydrogen (secondary N) is 1. The Morgan fingerprint density at radius 2 is 2.05 bits per heavy atom. The average molecular weight is 271 g/mol. The van der Waals surface area contributed by atoms with Crippen LogP contribution in [0.1, 0.15) is 46.5 Å². The van der Waals surface area contributed by atoms with Crippen molar-refractivity contribution in [1.29, 1.82) is 0 Å². The van der Waals surface area contributed by atoms with E-state index in [9.17, 15) is 4.79 Å². The van der Waals surface area contributed by atoms with E-state index in [-0.39, 0.29) is 12.6 Å². The first-order chi connectivity index (χ1) is 9.15. The fourth-order valence-electron chi connectivity index (χ4n) is 2.89. The smallest absolute Gasteiger partial charge is 0.332 e. The standard InChI is InChI=1S/C15H29NO3/c1-4-19-15(17)11-18-10-9-16-14-8-6-5-7-13(14)12(2)3/h12-14,16H,4-11H2,1-3H3. The van der Waals surface area contributed by atoms with Crippen molar-refractivity contribution in [3.63, 3.8) is 0 Å². The molecule has 4 heteroatoms. The van der Waals surface area contributed by atoms with Gasteiger partial charge in [-0.25, -0.2) is 4.79 Å². The predicted molar refractivity (Wildman–Crippen MR) is 76.0 cm³/mol. The zero-order valence-corrected chi connectivity index (χ0v) is 12.6. The van der Waals surface area contributed by atoms with Gasteiger partial charge in [0.1, 0.15) is 6.61 Å². The highest BCUT2D eigenvalue weighted by Crippen LogP contribution is 2.29. The van der Waals surface area contributed by atoms with Crippen LogP contribution in [0.3, 0.4) is 0 Å². The first-order valence-electron chi connectivity index (χ1n) is 7.62. The van der Waals surface area contributed by atoms with Crippen LogP contribution in [0.15, 0.2) is 0 Å². The third-order valence-corrected chi connectivity index (χ3v) is 3.85. The Morgan fingerprint density at radius 1 is 1.32 bits per heavy atom. The van der Waals surface area contributed by atoms with Crippen molar-refractivity contribution in [2.75, 3.05) is 26.4 Å². The molecule has 1 aliphatic carbocycles. The molecule has 0 spiro atoms. The Morgan fingerprint density at radius 3 is 2.74 bits per heavy atom. The van der Waals surface area contributed by atoms with Crippen molar-refractivity contribution in [3.8, 4) is 0 Å². The molecule has 0 heterocycles. The summed E-state index contributed by atoms with van der Waals surface area (Å²) in [6.07, 6.45) is 5.28. The van der Waals surface area contributed by atoms with E-state index in [1.165, 1.54) is 25.7 Å². The molecule has 112 valence electrons. The Hall–Kier alpha value is -0.610. The normalized spacial score (nSPS) is 23.6. The van der Waals surface area contributed by atoms with Gasteiger partial charge in [0, 0.05) is 12.6 Å². The number of carbonyl (C=O) groups is 1. The van der Waals surface area contributed by atoms with Crippen LogP contribution in [0.25, 0.3) is 0 Å². The lowest BCUT2D eigenvalue weighted by molar-refractivity contribution is -0.148. The second-order valence-electron chi connectivity index (χ2n) is 5.61. The molecule has 0 radical (unpaired) electrons. The van der Waals surface area contributed by atoms with Crippen LogP contribution in [-0.2, 0) is 14.3 Å². The van der Waals surface area contributed by atoms with Gasteiger partial charge in [-0.05, 0) is 31.6 Å². The second kappa shape index (κ2) is 9.32. The van der Waals surface area contributed by atoms with Crippen molar-refractivity contribution >= 4 is 5.97 Å². The summed E-state index contributed by atoms with van der Waals surface area (Å²) in [5.41, 5.74) is 0. The van der Waals surface area contributed by atoms with E-state index in [2.05, 4.69) is 19.2 Å². The van der Waals surface area contributed by atoms with Gasteiger partial charge in [-0.2, -0.15) is 0 Å². The SMILES string of the molecule is CCOC(=O)COCCNC1CCCCC1C(C)C. The highest BCUT2D eigenvalue weighted by molar-refractivity contribution is 5.70. The molecule has 1 rings (SSSR count). The summed E-state index contributed by atoms with van der Waals surface area (Å²) in [7, 11) is 0. The molecule has 1 aliphatic rings. The Labute approximate surface area is 117 Å². The minimum atomic E-state index is -0.278. The molecular weight excluding hydrogens is 242 g/mol. The fraction of sp³-hybridized carbons (Fsp3) is 0.933. The summed E-state index contributed by atoms with van der Waals surface area (Å²) in [4.78, 5) is 11.1. The van der Waals surface area contributed by atoms with Crippen LogP contribution in [0.4, 0.5) is 0 Å². The maximum Gasteiger partial charge on any atom is 0.332 e. The molecule has 2 unspecified atom stereocenters. The van der Waals surface area contributed by atoms with Gasteiger partial charge in [0.15, 0.2) is 0 Å². The molecule has 1 fully saturated rings. The molecule has 0 amide bonds. The second-order valence-corrected chi connectivity index (χ2v) is 5.61. The third-order valence-electron chi connectivity index (χ3n) is 3.85. The Kier molecular flexibility index (Phi) is 8.07. The van der Waals surface area contributed by atoms with Crippen LogP contribution in [0.5, 0.6) is 0 Å². The van der Waals surface area contributed by atoms with E-state index in [0.29, 0.717) is 19.3 Å². The van der Waals surface area contributed by atoms with Crippen molar-refractivity contribution in [3.05, 3.63) is 0 Å². The summed E-state index contributed by atoms with van der Waals surface area (Å²) in [5, 5.41) is 3.58. The van der Waals surface area contributed by atoms with E-state index in [0.717, 1.165) is 18.4 Å². The van der Waals surface area contributed by atoms with Crippen molar-refractivity contribution < 1.29 is 14.3 Å². The number of carbonyl (C=O) groups excluding carboxylic acids is 1. The van der Waals surface area contributed by atoms with E-state index in [1.807, 2.05) is 0 Å². The van der Waals surface area contributed by atoms with Crippen LogP contribution < -0.4 is 5.32 Å². The molecule has 19 heavy (non-hydrogen) atoms. The summed E-state index contributed by atoms with van der Waals surface area (Å²) in [6, 6.07) is 0.611. The summed E-state index contributed by atoms with van der Waals surface area (Å²) in [5.74, 6) is 1.23. The molecule has 0 aromatic heterocycles. The monoisotopic (exact) mass is 271 g/mol. The van der Waals surface area contributed by atoms with Gasteiger partial charge in [-0.15, -0.1) is 0 Å². The molecule has 0 aromatic rings. The topological polar surface area (TPSA) is 47.6 Å². The molecule has 0 bridgehead atoms. The lowest BCUT2D eigenvalue weighted by Crippen LogP contribution is -2.42. The summed E-state index contributed by atoms with van der Waals surface area (Å²) >= 11 is 0. The number of esters is 1. The van der Waals surface area contributed by atoms with Gasteiger partial charge in [0.25, 0.3) is 0 Å². The molecule has 2 atom stereocenters. The van der Waals surface area contributed by atoms with Gasteiger partial charge in [-0.3, -0.25) is 0 Å². The van der Waals surface area contributed by atoms with E-state index in [4.69, 9.17) is 9.47 Å². The number of rotatable bonds is 8. The Balaban J connectivity index is 2.12. The van der Waals surface area contributed by atoms with Crippen LogP contribution in [0.2, 0.25) is 0 Å². The van der Waals surface area contributed by atoms with Crippen LogP contribution in [-0.4, -0.2) is 38.4 Å². The van der Waals surface area contributed by atoms with E-state index < -0.39 is 0 Å². The molecule has 0 aliphatic heterocycles. The summed E-state index contributed by atoms with van der Waals surface area (Å²) in [6.45, 7) is 8.28. The molecule has 4 nitrogen and oxygen atoms in total. The minimum Gasteiger partial charge on any atom is -0.464 e. The maximum absolute atomic E-state index is 11.1. The number of hydrogen-bond acceptors (Lipinski definition) is 4. The minimum absolute atomic E-state index is 0.0633. The molecule has 1 saturated carbocycles.